The molecule has 3 atom stereocenters. The van der Waals surface area contributed by atoms with Gasteiger partial charge >= 0.3 is 6.09 Å². The molecule has 0 aromatic heterocycles. The zero-order valence-corrected chi connectivity index (χ0v) is 13.4. The molecule has 0 radical (unpaired) electrons. The fourth-order valence-corrected chi connectivity index (χ4v) is 3.74. The van der Waals surface area contributed by atoms with E-state index >= 15 is 0 Å². The number of piperidine rings is 1. The van der Waals surface area contributed by atoms with E-state index < -0.39 is 5.60 Å². The van der Waals surface area contributed by atoms with Gasteiger partial charge in [0.1, 0.15) is 11.4 Å². The molecule has 4 nitrogen and oxygen atoms in total. The van der Waals surface area contributed by atoms with Crippen LogP contribution in [-0.4, -0.2) is 35.5 Å². The van der Waals surface area contributed by atoms with Crippen LogP contribution in [0.3, 0.4) is 0 Å². The van der Waals surface area contributed by atoms with E-state index in [1.54, 1.807) is 0 Å². The summed E-state index contributed by atoms with van der Waals surface area (Å²) in [5.74, 6) is 0.926. The lowest BCUT2D eigenvalue weighted by Crippen LogP contribution is -2.55. The van der Waals surface area contributed by atoms with E-state index in [1.165, 1.54) is 0 Å². The normalized spacial score (nSPS) is 34.6. The lowest BCUT2D eigenvalue weighted by Gasteiger charge is -2.51. The van der Waals surface area contributed by atoms with Crippen LogP contribution in [0.2, 0.25) is 0 Å². The number of carbonyl (C=O) groups is 2. The Bertz CT molecular complexity index is 412. The van der Waals surface area contributed by atoms with Gasteiger partial charge < -0.3 is 9.64 Å². The van der Waals surface area contributed by atoms with Crippen molar-refractivity contribution in [3.63, 3.8) is 0 Å². The van der Waals surface area contributed by atoms with Crippen LogP contribution in [0.15, 0.2) is 0 Å². The quantitative estimate of drug-likeness (QED) is 0.684. The number of amides is 1. The van der Waals surface area contributed by atoms with Crippen molar-refractivity contribution < 1.29 is 14.3 Å². The molecule has 0 spiro atoms. The van der Waals surface area contributed by atoms with Crippen molar-refractivity contribution in [3.8, 4) is 0 Å². The van der Waals surface area contributed by atoms with E-state index in [9.17, 15) is 9.59 Å². The van der Waals surface area contributed by atoms with Gasteiger partial charge in [-0.25, -0.2) is 4.79 Å². The lowest BCUT2D eigenvalue weighted by atomic mass is 9.60. The molecule has 1 aliphatic heterocycles. The topological polar surface area (TPSA) is 46.6 Å². The minimum absolute atomic E-state index is 0.0580. The van der Waals surface area contributed by atoms with Gasteiger partial charge in [0.15, 0.2) is 0 Å². The van der Waals surface area contributed by atoms with Gasteiger partial charge in [-0.2, -0.15) is 0 Å². The van der Waals surface area contributed by atoms with Gasteiger partial charge in [-0.1, -0.05) is 13.8 Å². The Morgan fingerprint density at radius 1 is 1.40 bits per heavy atom. The Morgan fingerprint density at radius 3 is 2.65 bits per heavy atom. The summed E-state index contributed by atoms with van der Waals surface area (Å²) >= 11 is 0. The third-order valence-corrected chi connectivity index (χ3v) is 4.86. The van der Waals surface area contributed by atoms with Crippen LogP contribution in [0.1, 0.15) is 53.9 Å². The first kappa shape index (κ1) is 15.3. The van der Waals surface area contributed by atoms with E-state index in [1.807, 2.05) is 32.6 Å². The van der Waals surface area contributed by atoms with Crippen molar-refractivity contribution >= 4 is 11.9 Å². The summed E-state index contributed by atoms with van der Waals surface area (Å²) in [6.07, 6.45) is 2.22. The van der Waals surface area contributed by atoms with Crippen molar-refractivity contribution in [1.82, 2.24) is 4.90 Å². The average molecular weight is 281 g/mol. The molecule has 1 amide bonds. The molecule has 2 aliphatic rings. The van der Waals surface area contributed by atoms with Crippen molar-refractivity contribution in [3.05, 3.63) is 0 Å². The molecule has 1 unspecified atom stereocenters. The van der Waals surface area contributed by atoms with Crippen LogP contribution in [-0.2, 0) is 9.53 Å². The summed E-state index contributed by atoms with van der Waals surface area (Å²) in [7, 11) is 0. The zero-order chi connectivity index (χ0) is 15.1. The van der Waals surface area contributed by atoms with Gasteiger partial charge in [-0.15, -0.1) is 0 Å². The van der Waals surface area contributed by atoms with Crippen molar-refractivity contribution in [2.45, 2.75) is 59.5 Å². The minimum atomic E-state index is -0.454. The molecule has 0 bridgehead atoms. The first-order chi connectivity index (χ1) is 9.12. The Labute approximate surface area is 121 Å². The summed E-state index contributed by atoms with van der Waals surface area (Å²) in [5.41, 5.74) is -0.396. The third kappa shape index (κ3) is 2.99. The number of hydrogen-bond donors (Lipinski definition) is 0. The number of hydrogen-bond acceptors (Lipinski definition) is 3. The molecule has 0 aromatic rings. The highest BCUT2D eigenvalue weighted by Crippen LogP contribution is 2.47. The number of nitrogens with zero attached hydrogens (tertiary/aromatic N) is 1. The van der Waals surface area contributed by atoms with Gasteiger partial charge in [0, 0.05) is 25.4 Å². The fourth-order valence-electron chi connectivity index (χ4n) is 3.74. The van der Waals surface area contributed by atoms with E-state index in [4.69, 9.17) is 4.74 Å². The molecule has 4 heteroatoms. The summed E-state index contributed by atoms with van der Waals surface area (Å²) in [6.45, 7) is 11.4. The second kappa shape index (κ2) is 5.05. The number of ketones is 1. The zero-order valence-electron chi connectivity index (χ0n) is 13.4. The number of Topliss-reactive ketones (excluding diaryl/α,β-unsaturated/α-hetero) is 1. The number of fused-ring (bicyclic) bond motifs is 1. The Morgan fingerprint density at radius 2 is 2.05 bits per heavy atom. The molecule has 1 saturated heterocycles. The summed E-state index contributed by atoms with van der Waals surface area (Å²) in [6, 6.07) is 0. The van der Waals surface area contributed by atoms with Crippen molar-refractivity contribution in [2.75, 3.05) is 13.1 Å². The standard InChI is InChI=1S/C16H27NO3/c1-11-12-7-9-17(14(19)20-15(2,3)4)10-16(12,5)8-6-13(11)18/h11-12H,6-10H2,1-5H3/t11-,12-,16?/m0/s1. The fraction of sp³-hybridized carbons (Fsp3) is 0.875. The van der Waals surface area contributed by atoms with Gasteiger partial charge in [0.25, 0.3) is 0 Å². The van der Waals surface area contributed by atoms with Crippen LogP contribution in [0.4, 0.5) is 4.79 Å². The largest absolute Gasteiger partial charge is 0.444 e. The van der Waals surface area contributed by atoms with Crippen molar-refractivity contribution in [2.24, 2.45) is 17.3 Å². The van der Waals surface area contributed by atoms with E-state index in [-0.39, 0.29) is 17.4 Å². The summed E-state index contributed by atoms with van der Waals surface area (Å²) in [4.78, 5) is 25.9. The highest BCUT2D eigenvalue weighted by Gasteiger charge is 2.48. The Hall–Kier alpha value is -1.06. The average Bonchev–Trinajstić information content (AvgIpc) is 2.31. The summed E-state index contributed by atoms with van der Waals surface area (Å²) in [5, 5.41) is 0. The second-order valence-corrected chi connectivity index (χ2v) is 7.71. The Kier molecular flexibility index (Phi) is 3.87. The monoisotopic (exact) mass is 281 g/mol. The molecule has 20 heavy (non-hydrogen) atoms. The van der Waals surface area contributed by atoms with Gasteiger partial charge in [-0.05, 0) is 44.9 Å². The molecular weight excluding hydrogens is 254 g/mol. The van der Waals surface area contributed by atoms with Crippen LogP contribution in [0, 0.1) is 17.3 Å². The van der Waals surface area contributed by atoms with Crippen LogP contribution >= 0.6 is 0 Å². The summed E-state index contributed by atoms with van der Waals surface area (Å²) < 4.78 is 5.47. The van der Waals surface area contributed by atoms with Gasteiger partial charge in [0.05, 0.1) is 0 Å². The molecule has 2 rings (SSSR count). The molecule has 114 valence electrons. The maximum atomic E-state index is 12.2. The van der Waals surface area contributed by atoms with Crippen molar-refractivity contribution in [1.29, 1.82) is 0 Å². The van der Waals surface area contributed by atoms with Crippen LogP contribution in [0.5, 0.6) is 0 Å². The minimum Gasteiger partial charge on any atom is -0.444 e. The molecule has 1 heterocycles. The number of likely N-dealkylation sites (tertiary alicyclic amines) is 1. The molecule has 0 N–H and O–H groups in total. The number of rotatable bonds is 0. The van der Waals surface area contributed by atoms with Gasteiger partial charge in [-0.3, -0.25) is 4.79 Å². The first-order valence-electron chi connectivity index (χ1n) is 7.63. The molecule has 1 saturated carbocycles. The second-order valence-electron chi connectivity index (χ2n) is 7.71. The first-order valence-corrected chi connectivity index (χ1v) is 7.63. The number of carbonyl (C=O) groups excluding carboxylic acids is 2. The highest BCUT2D eigenvalue weighted by molar-refractivity contribution is 5.82. The van der Waals surface area contributed by atoms with E-state index in [0.717, 1.165) is 12.8 Å². The van der Waals surface area contributed by atoms with E-state index in [2.05, 4.69) is 6.92 Å². The predicted octanol–water partition coefficient (Wildman–Crippen LogP) is 3.25. The molecule has 1 aliphatic carbocycles. The maximum Gasteiger partial charge on any atom is 0.410 e. The Balaban J connectivity index is 2.06. The number of ether oxygens (including phenoxy) is 1. The van der Waals surface area contributed by atoms with Gasteiger partial charge in [0.2, 0.25) is 0 Å². The SMILES string of the molecule is C[C@@H]1C(=O)CCC2(C)CN(C(=O)OC(C)(C)C)CC[C@@H]12. The van der Waals surface area contributed by atoms with Crippen LogP contribution in [0.25, 0.3) is 0 Å². The van der Waals surface area contributed by atoms with Crippen LogP contribution < -0.4 is 0 Å². The molecular formula is C16H27NO3. The maximum absolute atomic E-state index is 12.2. The third-order valence-electron chi connectivity index (χ3n) is 4.86. The lowest BCUT2D eigenvalue weighted by molar-refractivity contribution is -0.133. The molecule has 2 fully saturated rings. The highest BCUT2D eigenvalue weighted by atomic mass is 16.6. The molecule has 0 aromatic carbocycles. The van der Waals surface area contributed by atoms with E-state index in [0.29, 0.717) is 31.2 Å². The smallest absolute Gasteiger partial charge is 0.410 e. The predicted molar refractivity (Wildman–Crippen MR) is 77.4 cm³/mol.